The molecule has 2 heterocycles. The van der Waals surface area contributed by atoms with Crippen molar-refractivity contribution in [2.24, 2.45) is 12.8 Å². The number of pyridine rings is 1. The molecule has 0 saturated carbocycles. The van der Waals surface area contributed by atoms with Gasteiger partial charge in [0.2, 0.25) is 0 Å². The summed E-state index contributed by atoms with van der Waals surface area (Å²) in [5, 5.41) is 7.36. The Balaban J connectivity index is 2.04. The van der Waals surface area contributed by atoms with Crippen molar-refractivity contribution < 1.29 is 0 Å². The molecular formula is C11H13N5S. The van der Waals surface area contributed by atoms with Gasteiger partial charge in [-0.15, -0.1) is 0 Å². The maximum absolute atomic E-state index is 5.52. The van der Waals surface area contributed by atoms with Gasteiger partial charge in [0, 0.05) is 37.2 Å². The van der Waals surface area contributed by atoms with E-state index in [1.165, 1.54) is 0 Å². The quantitative estimate of drug-likeness (QED) is 0.791. The first-order valence-electron chi connectivity index (χ1n) is 5.12. The highest BCUT2D eigenvalue weighted by Gasteiger charge is 2.00. The molecule has 6 heteroatoms. The molecule has 0 unspecified atom stereocenters. The Morgan fingerprint density at radius 3 is 3.06 bits per heavy atom. The van der Waals surface area contributed by atoms with E-state index in [-0.39, 0.29) is 0 Å². The van der Waals surface area contributed by atoms with E-state index in [4.69, 9.17) is 18.0 Å². The van der Waals surface area contributed by atoms with Gasteiger partial charge in [-0.2, -0.15) is 5.10 Å². The summed E-state index contributed by atoms with van der Waals surface area (Å²) in [7, 11) is 1.89. The number of aryl methyl sites for hydroxylation is 1. The van der Waals surface area contributed by atoms with Crippen LogP contribution in [0.25, 0.3) is 0 Å². The molecule has 0 bridgehead atoms. The third kappa shape index (κ3) is 3.01. The number of thiocarbonyl (C=S) groups is 1. The third-order valence-electron chi connectivity index (χ3n) is 2.27. The Morgan fingerprint density at radius 2 is 2.41 bits per heavy atom. The lowest BCUT2D eigenvalue weighted by Crippen LogP contribution is -2.11. The molecule has 0 amide bonds. The van der Waals surface area contributed by atoms with Gasteiger partial charge in [-0.3, -0.25) is 9.67 Å². The van der Waals surface area contributed by atoms with E-state index in [1.807, 2.05) is 31.6 Å². The molecule has 2 aromatic rings. The highest BCUT2D eigenvalue weighted by molar-refractivity contribution is 7.80. The van der Waals surface area contributed by atoms with Gasteiger partial charge in [0.05, 0.1) is 11.9 Å². The van der Waals surface area contributed by atoms with Crippen molar-refractivity contribution in [1.29, 1.82) is 0 Å². The number of hydrogen-bond donors (Lipinski definition) is 2. The topological polar surface area (TPSA) is 68.8 Å². The predicted molar refractivity (Wildman–Crippen MR) is 70.7 cm³/mol. The molecular weight excluding hydrogens is 234 g/mol. The van der Waals surface area contributed by atoms with Crippen LogP contribution in [0.15, 0.2) is 30.7 Å². The molecule has 0 radical (unpaired) electrons. The summed E-state index contributed by atoms with van der Waals surface area (Å²) in [5.74, 6) is 0. The van der Waals surface area contributed by atoms with Crippen molar-refractivity contribution >= 4 is 22.9 Å². The van der Waals surface area contributed by atoms with Crippen LogP contribution < -0.4 is 11.1 Å². The Bertz CT molecular complexity index is 534. The number of nitrogens with zero attached hydrogens (tertiary/aromatic N) is 3. The Morgan fingerprint density at radius 1 is 1.59 bits per heavy atom. The number of hydrogen-bond acceptors (Lipinski definition) is 4. The van der Waals surface area contributed by atoms with Crippen LogP contribution in [0, 0.1) is 0 Å². The summed E-state index contributed by atoms with van der Waals surface area (Å²) in [6.45, 7) is 0.703. The van der Waals surface area contributed by atoms with Crippen molar-refractivity contribution in [3.63, 3.8) is 0 Å². The summed E-state index contributed by atoms with van der Waals surface area (Å²) < 4.78 is 1.77. The van der Waals surface area contributed by atoms with Crippen LogP contribution in [0.4, 0.5) is 5.69 Å². The molecule has 2 aromatic heterocycles. The number of aromatic nitrogens is 3. The van der Waals surface area contributed by atoms with Crippen molar-refractivity contribution in [2.75, 3.05) is 5.32 Å². The van der Waals surface area contributed by atoms with Crippen LogP contribution in [0.5, 0.6) is 0 Å². The Labute approximate surface area is 105 Å². The molecule has 17 heavy (non-hydrogen) atoms. The minimum absolute atomic E-state index is 0.301. The van der Waals surface area contributed by atoms with E-state index in [9.17, 15) is 0 Å². The minimum Gasteiger partial charge on any atom is -0.388 e. The maximum Gasteiger partial charge on any atom is 0.122 e. The third-order valence-corrected chi connectivity index (χ3v) is 2.48. The van der Waals surface area contributed by atoms with E-state index in [2.05, 4.69) is 15.4 Å². The summed E-state index contributed by atoms with van der Waals surface area (Å²) in [4.78, 5) is 4.38. The first-order chi connectivity index (χ1) is 8.15. The molecule has 0 aliphatic heterocycles. The summed E-state index contributed by atoms with van der Waals surface area (Å²) >= 11 is 4.88. The molecule has 0 aliphatic rings. The second-order valence-corrected chi connectivity index (χ2v) is 4.11. The minimum atomic E-state index is 0.301. The normalized spacial score (nSPS) is 10.2. The number of rotatable bonds is 4. The van der Waals surface area contributed by atoms with Crippen molar-refractivity contribution in [1.82, 2.24) is 14.8 Å². The predicted octanol–water partition coefficient (Wildman–Crippen LogP) is 1.06. The van der Waals surface area contributed by atoms with Gasteiger partial charge in [0.25, 0.3) is 0 Å². The Kier molecular flexibility index (Phi) is 3.34. The summed E-state index contributed by atoms with van der Waals surface area (Å²) in [6, 6.07) is 3.71. The van der Waals surface area contributed by atoms with Crippen LogP contribution in [-0.4, -0.2) is 19.8 Å². The van der Waals surface area contributed by atoms with Gasteiger partial charge in [-0.05, 0) is 12.1 Å². The molecule has 0 aliphatic carbocycles. The highest BCUT2D eigenvalue weighted by Crippen LogP contribution is 2.09. The highest BCUT2D eigenvalue weighted by atomic mass is 32.1. The van der Waals surface area contributed by atoms with Crippen LogP contribution in [0.3, 0.4) is 0 Å². The van der Waals surface area contributed by atoms with Crippen LogP contribution in [0.2, 0.25) is 0 Å². The van der Waals surface area contributed by atoms with Crippen LogP contribution >= 0.6 is 12.2 Å². The zero-order valence-electron chi connectivity index (χ0n) is 9.42. The Hall–Kier alpha value is -1.95. The largest absolute Gasteiger partial charge is 0.388 e. The van der Waals surface area contributed by atoms with Gasteiger partial charge >= 0.3 is 0 Å². The molecule has 0 fully saturated rings. The molecule has 0 atom stereocenters. The molecule has 0 aromatic carbocycles. The van der Waals surface area contributed by atoms with Crippen molar-refractivity contribution in [3.05, 3.63) is 42.0 Å². The van der Waals surface area contributed by atoms with Gasteiger partial charge in [-0.1, -0.05) is 12.2 Å². The first kappa shape index (κ1) is 11.5. The lowest BCUT2D eigenvalue weighted by atomic mass is 10.3. The second-order valence-electron chi connectivity index (χ2n) is 3.67. The first-order valence-corrected chi connectivity index (χ1v) is 5.53. The number of nitrogens with one attached hydrogen (secondary N) is 1. The fourth-order valence-corrected chi connectivity index (χ4v) is 1.55. The van der Waals surface area contributed by atoms with Gasteiger partial charge in [0.1, 0.15) is 4.99 Å². The summed E-state index contributed by atoms with van der Waals surface area (Å²) in [5.41, 5.74) is 8.19. The second kappa shape index (κ2) is 4.92. The zero-order valence-corrected chi connectivity index (χ0v) is 10.2. The van der Waals surface area contributed by atoms with Gasteiger partial charge < -0.3 is 11.1 Å². The van der Waals surface area contributed by atoms with Crippen LogP contribution in [-0.2, 0) is 13.6 Å². The lowest BCUT2D eigenvalue weighted by molar-refractivity contribution is 0.767. The molecule has 0 saturated heterocycles. The molecule has 0 spiro atoms. The molecule has 2 rings (SSSR count). The molecule has 3 N–H and O–H groups in total. The SMILES string of the molecule is Cn1cc(CNc2ccnc(C(N)=S)c2)cn1. The van der Waals surface area contributed by atoms with E-state index >= 15 is 0 Å². The zero-order chi connectivity index (χ0) is 12.3. The fourth-order valence-electron chi connectivity index (χ4n) is 1.44. The van der Waals surface area contributed by atoms with Crippen molar-refractivity contribution in [3.8, 4) is 0 Å². The standard InChI is InChI=1S/C11H13N5S/c1-16-7-8(6-15-16)5-14-9-2-3-13-10(4-9)11(12)17/h2-4,6-7H,5H2,1H3,(H2,12,17)(H,13,14). The smallest absolute Gasteiger partial charge is 0.122 e. The van der Waals surface area contributed by atoms with Crippen LogP contribution in [0.1, 0.15) is 11.3 Å². The van der Waals surface area contributed by atoms with E-state index in [0.29, 0.717) is 17.2 Å². The van der Waals surface area contributed by atoms with E-state index in [0.717, 1.165) is 11.3 Å². The lowest BCUT2D eigenvalue weighted by Gasteiger charge is -2.05. The summed E-state index contributed by atoms with van der Waals surface area (Å²) in [6.07, 6.45) is 5.46. The average Bonchev–Trinajstić information content (AvgIpc) is 2.73. The molecule has 5 nitrogen and oxygen atoms in total. The van der Waals surface area contributed by atoms with Gasteiger partial charge in [-0.25, -0.2) is 0 Å². The number of nitrogens with two attached hydrogens (primary N) is 1. The molecule has 88 valence electrons. The maximum atomic E-state index is 5.52. The van der Waals surface area contributed by atoms with E-state index < -0.39 is 0 Å². The average molecular weight is 247 g/mol. The van der Waals surface area contributed by atoms with Crippen molar-refractivity contribution in [2.45, 2.75) is 6.54 Å². The number of anilines is 1. The fraction of sp³-hybridized carbons (Fsp3) is 0.182. The van der Waals surface area contributed by atoms with E-state index in [1.54, 1.807) is 10.9 Å². The van der Waals surface area contributed by atoms with Gasteiger partial charge in [0.15, 0.2) is 0 Å². The monoisotopic (exact) mass is 247 g/mol.